The number of sulfonamides is 1. The Hall–Kier alpha value is -2.68. The summed E-state index contributed by atoms with van der Waals surface area (Å²) in [6.07, 6.45) is 3.77. The highest BCUT2D eigenvalue weighted by atomic mass is 32.2. The highest BCUT2D eigenvalue weighted by molar-refractivity contribution is 7.92. The number of phenols is 1. The molecule has 3 N–H and O–H groups in total. The Balaban J connectivity index is 2.50. The Morgan fingerprint density at radius 1 is 1.24 bits per heavy atom. The first-order chi connectivity index (χ1) is 9.81. The maximum atomic E-state index is 12.3. The normalized spacial score (nSPS) is 11.1. The second-order valence-corrected chi connectivity index (χ2v) is 5.82. The van der Waals surface area contributed by atoms with E-state index in [-0.39, 0.29) is 16.1 Å². The molecule has 0 unspecified atom stereocenters. The van der Waals surface area contributed by atoms with Gasteiger partial charge in [-0.3, -0.25) is 4.72 Å². The van der Waals surface area contributed by atoms with Crippen molar-refractivity contribution in [3.05, 3.63) is 42.0 Å². The van der Waals surface area contributed by atoms with Crippen molar-refractivity contribution in [2.24, 2.45) is 0 Å². The van der Waals surface area contributed by atoms with Crippen LogP contribution in [0.2, 0.25) is 0 Å². The lowest BCUT2D eigenvalue weighted by atomic mass is 10.1. The van der Waals surface area contributed by atoms with Gasteiger partial charge in [-0.2, -0.15) is 0 Å². The Labute approximate surface area is 120 Å². The number of aromatic hydroxyl groups is 1. The molecule has 0 radical (unpaired) electrons. The minimum atomic E-state index is -4.02. The number of aryl methyl sites for hydroxylation is 1. The van der Waals surface area contributed by atoms with Gasteiger partial charge >= 0.3 is 5.97 Å². The molecule has 21 heavy (non-hydrogen) atoms. The quantitative estimate of drug-likeness (QED) is 0.767. The highest BCUT2D eigenvalue weighted by Crippen LogP contribution is 2.26. The van der Waals surface area contributed by atoms with Crippen molar-refractivity contribution >= 4 is 21.7 Å². The Morgan fingerprint density at radius 3 is 2.43 bits per heavy atom. The minimum absolute atomic E-state index is 0.141. The van der Waals surface area contributed by atoms with E-state index in [4.69, 9.17) is 5.11 Å². The molecule has 1 aromatic carbocycles. The standard InChI is InChI=1S/C12H11N3O5S/c1-7-2-10(16)9(12(17)18)3-11(7)21(19,20)15-8-4-13-6-14-5-8/h2-6,15-16H,1H3,(H,17,18). The second-order valence-electron chi connectivity index (χ2n) is 4.17. The van der Waals surface area contributed by atoms with Gasteiger partial charge in [-0.15, -0.1) is 0 Å². The molecule has 8 nitrogen and oxygen atoms in total. The molecule has 0 spiro atoms. The smallest absolute Gasteiger partial charge is 0.339 e. The molecule has 9 heteroatoms. The monoisotopic (exact) mass is 309 g/mol. The van der Waals surface area contributed by atoms with E-state index < -0.39 is 27.3 Å². The summed E-state index contributed by atoms with van der Waals surface area (Å²) in [6.45, 7) is 1.45. The number of benzene rings is 1. The first-order valence-electron chi connectivity index (χ1n) is 5.66. The summed E-state index contributed by atoms with van der Waals surface area (Å²) in [5, 5.41) is 18.5. The van der Waals surface area contributed by atoms with Crippen LogP contribution in [0.15, 0.2) is 35.7 Å². The number of carboxylic acids is 1. The third kappa shape index (κ3) is 3.08. The predicted molar refractivity (Wildman–Crippen MR) is 72.6 cm³/mol. The Kier molecular flexibility index (Phi) is 3.76. The van der Waals surface area contributed by atoms with Gasteiger partial charge in [0.15, 0.2) is 0 Å². The molecule has 2 rings (SSSR count). The molecule has 0 saturated heterocycles. The van der Waals surface area contributed by atoms with E-state index in [0.29, 0.717) is 0 Å². The van der Waals surface area contributed by atoms with Crippen molar-refractivity contribution in [3.63, 3.8) is 0 Å². The number of aromatic carboxylic acids is 1. The fourth-order valence-corrected chi connectivity index (χ4v) is 2.98. The molecule has 0 aliphatic heterocycles. The molecule has 0 aliphatic rings. The lowest BCUT2D eigenvalue weighted by Crippen LogP contribution is -2.15. The van der Waals surface area contributed by atoms with Crippen LogP contribution in [0.4, 0.5) is 5.69 Å². The number of nitrogens with zero attached hydrogens (tertiary/aromatic N) is 2. The zero-order valence-electron chi connectivity index (χ0n) is 10.8. The molecular weight excluding hydrogens is 298 g/mol. The van der Waals surface area contributed by atoms with E-state index >= 15 is 0 Å². The van der Waals surface area contributed by atoms with Crippen molar-refractivity contribution in [2.45, 2.75) is 11.8 Å². The van der Waals surface area contributed by atoms with Gasteiger partial charge in [0.2, 0.25) is 0 Å². The summed E-state index contributed by atoms with van der Waals surface area (Å²) >= 11 is 0. The van der Waals surface area contributed by atoms with E-state index in [1.165, 1.54) is 25.6 Å². The number of aromatic nitrogens is 2. The van der Waals surface area contributed by atoms with Crippen LogP contribution in [0.25, 0.3) is 0 Å². The summed E-state index contributed by atoms with van der Waals surface area (Å²) in [5.41, 5.74) is -0.144. The molecule has 0 amide bonds. The van der Waals surface area contributed by atoms with Gasteiger partial charge in [0.25, 0.3) is 10.0 Å². The Bertz CT molecular complexity index is 790. The number of hydrogen-bond acceptors (Lipinski definition) is 6. The lowest BCUT2D eigenvalue weighted by molar-refractivity contribution is 0.0693. The number of anilines is 1. The molecule has 0 saturated carbocycles. The maximum Gasteiger partial charge on any atom is 0.339 e. The van der Waals surface area contributed by atoms with Gasteiger partial charge in [-0.05, 0) is 24.6 Å². The van der Waals surface area contributed by atoms with Crippen LogP contribution in [0.1, 0.15) is 15.9 Å². The number of carbonyl (C=O) groups is 1. The third-order valence-corrected chi connectivity index (χ3v) is 4.15. The average Bonchev–Trinajstić information content (AvgIpc) is 2.38. The van der Waals surface area contributed by atoms with E-state index in [1.807, 2.05) is 0 Å². The van der Waals surface area contributed by atoms with Crippen LogP contribution in [0.3, 0.4) is 0 Å². The topological polar surface area (TPSA) is 129 Å². The molecule has 1 aromatic heterocycles. The average molecular weight is 309 g/mol. The van der Waals surface area contributed by atoms with Gasteiger partial charge in [0.1, 0.15) is 17.6 Å². The summed E-state index contributed by atoms with van der Waals surface area (Å²) in [6, 6.07) is 1.98. The third-order valence-electron chi connectivity index (χ3n) is 2.63. The minimum Gasteiger partial charge on any atom is -0.507 e. The summed E-state index contributed by atoms with van der Waals surface area (Å²) in [5.74, 6) is -1.92. The molecule has 0 fully saturated rings. The predicted octanol–water partition coefficient (Wildman–Crippen LogP) is 0.990. The van der Waals surface area contributed by atoms with Crippen LogP contribution in [-0.2, 0) is 10.0 Å². The molecule has 0 aliphatic carbocycles. The van der Waals surface area contributed by atoms with Crippen LogP contribution >= 0.6 is 0 Å². The van der Waals surface area contributed by atoms with Gasteiger partial charge in [-0.1, -0.05) is 0 Å². The number of nitrogens with one attached hydrogen (secondary N) is 1. The van der Waals surface area contributed by atoms with Gasteiger partial charge in [-0.25, -0.2) is 23.2 Å². The number of carboxylic acid groups (broad SMARTS) is 1. The summed E-state index contributed by atoms with van der Waals surface area (Å²) in [7, 11) is -4.02. The maximum absolute atomic E-state index is 12.3. The van der Waals surface area contributed by atoms with Gasteiger partial charge in [0.05, 0.1) is 23.0 Å². The van der Waals surface area contributed by atoms with E-state index in [2.05, 4.69) is 14.7 Å². The van der Waals surface area contributed by atoms with E-state index in [9.17, 15) is 18.3 Å². The summed E-state index contributed by atoms with van der Waals surface area (Å²) in [4.78, 5) is 18.1. The SMILES string of the molecule is Cc1cc(O)c(C(=O)O)cc1S(=O)(=O)Nc1cncnc1. The number of rotatable bonds is 4. The van der Waals surface area contributed by atoms with Crippen LogP contribution in [0, 0.1) is 6.92 Å². The first kappa shape index (κ1) is 14.7. The molecule has 110 valence electrons. The van der Waals surface area contributed by atoms with Crippen molar-refractivity contribution < 1.29 is 23.4 Å². The Morgan fingerprint density at radius 2 is 1.86 bits per heavy atom. The molecule has 2 aromatic rings. The highest BCUT2D eigenvalue weighted by Gasteiger charge is 2.22. The number of hydrogen-bond donors (Lipinski definition) is 3. The fraction of sp³-hybridized carbons (Fsp3) is 0.0833. The van der Waals surface area contributed by atoms with Gasteiger partial charge < -0.3 is 10.2 Å². The molecular formula is C12H11N3O5S. The van der Waals surface area contributed by atoms with E-state index in [0.717, 1.165) is 12.1 Å². The van der Waals surface area contributed by atoms with E-state index in [1.54, 1.807) is 0 Å². The lowest BCUT2D eigenvalue weighted by Gasteiger charge is -2.11. The first-order valence-corrected chi connectivity index (χ1v) is 7.14. The van der Waals surface area contributed by atoms with Crippen molar-refractivity contribution in [2.75, 3.05) is 4.72 Å². The fourth-order valence-electron chi connectivity index (χ4n) is 1.70. The van der Waals surface area contributed by atoms with Crippen LogP contribution in [-0.4, -0.2) is 34.6 Å². The largest absolute Gasteiger partial charge is 0.507 e. The molecule has 1 heterocycles. The molecule has 0 atom stereocenters. The van der Waals surface area contributed by atoms with Crippen LogP contribution in [0.5, 0.6) is 5.75 Å². The molecule has 0 bridgehead atoms. The van der Waals surface area contributed by atoms with Gasteiger partial charge in [0, 0.05) is 0 Å². The van der Waals surface area contributed by atoms with Crippen molar-refractivity contribution in [3.8, 4) is 5.75 Å². The van der Waals surface area contributed by atoms with Crippen molar-refractivity contribution in [1.29, 1.82) is 0 Å². The van der Waals surface area contributed by atoms with Crippen LogP contribution < -0.4 is 4.72 Å². The van der Waals surface area contributed by atoms with Crippen molar-refractivity contribution in [1.82, 2.24) is 9.97 Å². The second kappa shape index (κ2) is 5.37. The summed E-state index contributed by atoms with van der Waals surface area (Å²) < 4.78 is 26.8. The zero-order chi connectivity index (χ0) is 15.6. The zero-order valence-corrected chi connectivity index (χ0v) is 11.6.